The van der Waals surface area contributed by atoms with Crippen LogP contribution in [-0.4, -0.2) is 48.9 Å². The Kier molecular flexibility index (Phi) is 6.89. The third-order valence-electron chi connectivity index (χ3n) is 1.08. The summed E-state index contributed by atoms with van der Waals surface area (Å²) in [6.45, 7) is 0. The minimum atomic E-state index is 1.12. The molecular formula is C5H10Se4. The Hall–Kier alpha value is 2.08. The maximum absolute atomic E-state index is 1.62. The zero-order valence-corrected chi connectivity index (χ0v) is 12.0. The van der Waals surface area contributed by atoms with Gasteiger partial charge in [-0.05, 0) is 0 Å². The molecule has 0 aromatic rings. The average Bonchev–Trinajstić information content (AvgIpc) is 2.00. The van der Waals surface area contributed by atoms with Crippen molar-refractivity contribution in [2.24, 2.45) is 0 Å². The molecule has 1 heterocycles. The van der Waals surface area contributed by atoms with E-state index in [0.29, 0.717) is 0 Å². The van der Waals surface area contributed by atoms with Crippen LogP contribution in [0.2, 0.25) is 10.6 Å². The molecule has 0 unspecified atom stereocenters. The van der Waals surface area contributed by atoms with Crippen molar-refractivity contribution in [2.45, 2.75) is 29.9 Å². The molecule has 4 heteroatoms. The van der Waals surface area contributed by atoms with Crippen LogP contribution in [0.15, 0.2) is 0 Å². The summed E-state index contributed by atoms with van der Waals surface area (Å²) < 4.78 is 0. The van der Waals surface area contributed by atoms with Gasteiger partial charge in [0.15, 0.2) is 0 Å². The number of rotatable bonds is 0. The summed E-state index contributed by atoms with van der Waals surface area (Å²) >= 11 is 4.59. The van der Waals surface area contributed by atoms with Gasteiger partial charge < -0.3 is 0 Å². The van der Waals surface area contributed by atoms with Gasteiger partial charge in [-0.15, -0.1) is 0 Å². The molecule has 1 fully saturated rings. The van der Waals surface area contributed by atoms with Crippen molar-refractivity contribution in [3.63, 3.8) is 0 Å². The van der Waals surface area contributed by atoms with Gasteiger partial charge in [0.1, 0.15) is 0 Å². The van der Waals surface area contributed by atoms with Gasteiger partial charge in [0.2, 0.25) is 0 Å². The summed E-state index contributed by atoms with van der Waals surface area (Å²) in [6.07, 6.45) is 4.68. The van der Waals surface area contributed by atoms with E-state index in [4.69, 9.17) is 0 Å². The molecule has 9 heavy (non-hydrogen) atoms. The SMILES string of the molecule is C1CC[Se][Se][Se][Se]CC1. The van der Waals surface area contributed by atoms with Gasteiger partial charge in [0, 0.05) is 0 Å². The van der Waals surface area contributed by atoms with Gasteiger partial charge >= 0.3 is 78.8 Å². The standard InChI is InChI=1S/C5H10Se4/c1-2-4-6-8-9-7-5-3-1/h1-5H2. The summed E-state index contributed by atoms with van der Waals surface area (Å²) in [5.41, 5.74) is 0. The van der Waals surface area contributed by atoms with Crippen LogP contribution in [-0.2, 0) is 0 Å². The van der Waals surface area contributed by atoms with Crippen LogP contribution in [0, 0.1) is 0 Å². The summed E-state index contributed by atoms with van der Waals surface area (Å²) in [6, 6.07) is 0. The maximum atomic E-state index is 1.62. The second-order valence-electron chi connectivity index (χ2n) is 1.84. The van der Waals surface area contributed by atoms with Gasteiger partial charge in [-0.3, -0.25) is 0 Å². The van der Waals surface area contributed by atoms with Crippen LogP contribution >= 0.6 is 0 Å². The van der Waals surface area contributed by atoms with Gasteiger partial charge in [0.05, 0.1) is 0 Å². The van der Waals surface area contributed by atoms with E-state index in [9.17, 15) is 0 Å². The molecule has 0 N–H and O–H groups in total. The Morgan fingerprint density at radius 2 is 1.22 bits per heavy atom. The van der Waals surface area contributed by atoms with E-state index in [1.165, 1.54) is 22.6 Å². The molecule has 0 aromatic carbocycles. The topological polar surface area (TPSA) is 0 Å². The van der Waals surface area contributed by atoms with Crippen LogP contribution in [0.3, 0.4) is 0 Å². The molecule has 1 saturated heterocycles. The van der Waals surface area contributed by atoms with E-state index in [1.807, 2.05) is 0 Å². The Bertz CT molecular complexity index is 37.4. The average molecular weight is 386 g/mol. The van der Waals surface area contributed by atoms with Crippen LogP contribution in [0.4, 0.5) is 0 Å². The van der Waals surface area contributed by atoms with Crippen molar-refractivity contribution in [1.29, 1.82) is 0 Å². The first-order valence-electron chi connectivity index (χ1n) is 3.08. The second kappa shape index (κ2) is 6.77. The molecule has 0 atom stereocenters. The quantitative estimate of drug-likeness (QED) is 0.535. The molecule has 54 valence electrons. The van der Waals surface area contributed by atoms with E-state index >= 15 is 0 Å². The third kappa shape index (κ3) is 5.36. The molecule has 0 nitrogen and oxygen atoms in total. The second-order valence-corrected chi connectivity index (χ2v) is 28.6. The summed E-state index contributed by atoms with van der Waals surface area (Å²) in [4.78, 5) is 0. The predicted molar refractivity (Wildman–Crippen MR) is 46.5 cm³/mol. The van der Waals surface area contributed by atoms with Crippen molar-refractivity contribution >= 4 is 48.9 Å². The molecule has 0 amide bonds. The van der Waals surface area contributed by atoms with Crippen LogP contribution in [0.5, 0.6) is 0 Å². The molecule has 1 aliphatic heterocycles. The number of hydrogen-bond donors (Lipinski definition) is 0. The fraction of sp³-hybridized carbons (Fsp3) is 1.00. The first kappa shape index (κ1) is 9.17. The van der Waals surface area contributed by atoms with Gasteiger partial charge in [-0.25, -0.2) is 0 Å². The molecular weight excluding hydrogens is 376 g/mol. The van der Waals surface area contributed by atoms with Crippen molar-refractivity contribution < 1.29 is 0 Å². The van der Waals surface area contributed by atoms with E-state index < -0.39 is 0 Å². The third-order valence-corrected chi connectivity index (χ3v) is 40.2. The fourth-order valence-corrected chi connectivity index (χ4v) is 42.6. The molecule has 0 aliphatic carbocycles. The molecule has 0 saturated carbocycles. The Labute approximate surface area is 78.0 Å². The van der Waals surface area contributed by atoms with E-state index in [1.54, 1.807) is 29.9 Å². The van der Waals surface area contributed by atoms with Gasteiger partial charge in [-0.1, -0.05) is 0 Å². The van der Waals surface area contributed by atoms with E-state index in [0.717, 1.165) is 26.3 Å². The summed E-state index contributed by atoms with van der Waals surface area (Å²) in [5, 5.41) is 3.23. The monoisotopic (exact) mass is 390 g/mol. The molecule has 1 rings (SSSR count). The van der Waals surface area contributed by atoms with Gasteiger partial charge in [-0.2, -0.15) is 0 Å². The minimum absolute atomic E-state index is 1.12. The number of hydrogen-bond acceptors (Lipinski definition) is 0. The van der Waals surface area contributed by atoms with Crippen LogP contribution in [0.25, 0.3) is 0 Å². The summed E-state index contributed by atoms with van der Waals surface area (Å²) in [5.74, 6) is 0. The Morgan fingerprint density at radius 3 is 1.78 bits per heavy atom. The van der Waals surface area contributed by atoms with Crippen molar-refractivity contribution in [2.75, 3.05) is 0 Å². The zero-order valence-electron chi connectivity index (χ0n) is 5.17. The predicted octanol–water partition coefficient (Wildman–Crippen LogP) is 0.569. The first-order valence-corrected chi connectivity index (χ1v) is 18.5. The molecule has 0 radical (unpaired) electrons. The molecule has 0 spiro atoms. The molecule has 0 bridgehead atoms. The van der Waals surface area contributed by atoms with Crippen LogP contribution < -0.4 is 0 Å². The van der Waals surface area contributed by atoms with Crippen molar-refractivity contribution in [3.8, 4) is 0 Å². The first-order chi connectivity index (χ1) is 4.50. The zero-order chi connectivity index (χ0) is 6.36. The van der Waals surface area contributed by atoms with Gasteiger partial charge in [0.25, 0.3) is 0 Å². The van der Waals surface area contributed by atoms with E-state index in [-0.39, 0.29) is 0 Å². The Balaban J connectivity index is 2.02. The van der Waals surface area contributed by atoms with Crippen LogP contribution in [0.1, 0.15) is 19.3 Å². The normalized spacial score (nSPS) is 24.0. The Morgan fingerprint density at radius 1 is 0.667 bits per heavy atom. The summed E-state index contributed by atoms with van der Waals surface area (Å²) in [7, 11) is 0. The molecule has 0 aromatic heterocycles. The molecule has 1 aliphatic rings. The van der Waals surface area contributed by atoms with Crippen molar-refractivity contribution in [1.82, 2.24) is 0 Å². The fourth-order valence-electron chi connectivity index (χ4n) is 0.606. The van der Waals surface area contributed by atoms with E-state index in [2.05, 4.69) is 0 Å². The van der Waals surface area contributed by atoms with Crippen molar-refractivity contribution in [3.05, 3.63) is 0 Å².